The molecule has 0 fully saturated rings. The molecule has 2 nitrogen and oxygen atoms in total. The summed E-state index contributed by atoms with van der Waals surface area (Å²) in [6, 6.07) is 6.35. The molecule has 1 heterocycles. The molecule has 0 aliphatic rings. The smallest absolute Gasteiger partial charge is 0.146 e. The predicted molar refractivity (Wildman–Crippen MR) is 87.7 cm³/mol. The van der Waals surface area contributed by atoms with E-state index in [1.807, 2.05) is 0 Å². The van der Waals surface area contributed by atoms with Crippen LogP contribution in [0.5, 0.6) is 0 Å². The maximum Gasteiger partial charge on any atom is 0.146 e. The highest BCUT2D eigenvalue weighted by Gasteiger charge is 2.22. The van der Waals surface area contributed by atoms with Gasteiger partial charge in [-0.15, -0.1) is 0 Å². The molecule has 0 spiro atoms. The average Bonchev–Trinajstić information content (AvgIpc) is 2.35. The third kappa shape index (κ3) is 3.67. The van der Waals surface area contributed by atoms with Crippen molar-refractivity contribution in [2.45, 2.75) is 32.6 Å². The maximum absolute atomic E-state index is 12.9. The van der Waals surface area contributed by atoms with Gasteiger partial charge in [0.2, 0.25) is 0 Å². The molecule has 5 heteroatoms. The summed E-state index contributed by atoms with van der Waals surface area (Å²) in [6.45, 7) is 6.28. The maximum atomic E-state index is 12.9. The molecule has 0 unspecified atom stereocenters. The minimum absolute atomic E-state index is 0.0966. The Morgan fingerprint density at radius 2 is 1.75 bits per heavy atom. The van der Waals surface area contributed by atoms with E-state index in [1.165, 1.54) is 12.1 Å². The van der Waals surface area contributed by atoms with Gasteiger partial charge in [0.1, 0.15) is 16.8 Å². The summed E-state index contributed by atoms with van der Waals surface area (Å²) in [5.74, 6) is 0.414. The Bertz CT molecular complexity index is 621. The lowest BCUT2D eigenvalue weighted by Gasteiger charge is -2.20. The fraction of sp³-hybridized carbons (Fsp3) is 0.333. The normalized spacial score (nSPS) is 11.7. The molecule has 0 bridgehead atoms. The van der Waals surface area contributed by atoms with E-state index in [0.717, 1.165) is 14.8 Å². The van der Waals surface area contributed by atoms with E-state index < -0.39 is 0 Å². The van der Waals surface area contributed by atoms with E-state index in [1.54, 1.807) is 12.1 Å². The van der Waals surface area contributed by atoms with Crippen molar-refractivity contribution in [2.75, 3.05) is 0 Å². The Kier molecular flexibility index (Phi) is 4.64. The molecule has 0 saturated carbocycles. The second-order valence-electron chi connectivity index (χ2n) is 5.65. The Balaban J connectivity index is 2.38. The molecule has 0 radical (unpaired) electrons. The summed E-state index contributed by atoms with van der Waals surface area (Å²) >= 11 is 8.37. The molecule has 0 amide bonds. The van der Waals surface area contributed by atoms with Crippen LogP contribution in [0.1, 0.15) is 37.9 Å². The molecule has 0 N–H and O–H groups in total. The van der Waals surface area contributed by atoms with Crippen LogP contribution in [0.15, 0.2) is 24.3 Å². The highest BCUT2D eigenvalue weighted by atomic mass is 127. The lowest BCUT2D eigenvalue weighted by Crippen LogP contribution is -2.18. The first-order valence-electron chi connectivity index (χ1n) is 6.24. The van der Waals surface area contributed by atoms with Gasteiger partial charge in [-0.3, -0.25) is 0 Å². The van der Waals surface area contributed by atoms with Crippen LogP contribution in [0.4, 0.5) is 4.39 Å². The molecule has 1 aromatic heterocycles. The van der Waals surface area contributed by atoms with Gasteiger partial charge in [-0.25, -0.2) is 14.4 Å². The summed E-state index contributed by atoms with van der Waals surface area (Å²) < 4.78 is 13.8. The van der Waals surface area contributed by atoms with Gasteiger partial charge in [-0.1, -0.05) is 44.5 Å². The second kappa shape index (κ2) is 5.93. The molecule has 0 saturated heterocycles. The monoisotopic (exact) mass is 404 g/mol. The highest BCUT2D eigenvalue weighted by Crippen LogP contribution is 2.29. The van der Waals surface area contributed by atoms with E-state index in [4.69, 9.17) is 11.6 Å². The molecule has 0 aliphatic heterocycles. The van der Waals surface area contributed by atoms with Crippen LogP contribution in [0.25, 0.3) is 0 Å². The van der Waals surface area contributed by atoms with Gasteiger partial charge >= 0.3 is 0 Å². The predicted octanol–water partition coefficient (Wildman–Crippen LogP) is 4.76. The molecular formula is C15H15ClFIN2. The van der Waals surface area contributed by atoms with Gasteiger partial charge in [0.15, 0.2) is 0 Å². The minimum Gasteiger partial charge on any atom is -0.236 e. The lowest BCUT2D eigenvalue weighted by atomic mass is 9.92. The van der Waals surface area contributed by atoms with E-state index in [0.29, 0.717) is 17.4 Å². The number of benzene rings is 1. The fourth-order valence-corrected chi connectivity index (χ4v) is 3.06. The Hall–Kier alpha value is -0.750. The molecular weight excluding hydrogens is 390 g/mol. The standard InChI is InChI=1S/C15H15ClFIN2/c1-15(2,3)13-12(18)14(16)20-11(19-13)8-9-4-6-10(17)7-5-9/h4-7H,8H2,1-3H3. The van der Waals surface area contributed by atoms with Crippen LogP contribution in [-0.2, 0) is 11.8 Å². The van der Waals surface area contributed by atoms with Crippen LogP contribution in [0.2, 0.25) is 5.15 Å². The largest absolute Gasteiger partial charge is 0.236 e. The quantitative estimate of drug-likeness (QED) is 0.533. The van der Waals surface area contributed by atoms with Crippen molar-refractivity contribution in [1.29, 1.82) is 0 Å². The van der Waals surface area contributed by atoms with Crippen molar-refractivity contribution in [3.63, 3.8) is 0 Å². The molecule has 2 aromatic rings. The fourth-order valence-electron chi connectivity index (χ4n) is 1.82. The SMILES string of the molecule is CC(C)(C)c1nc(Cc2ccc(F)cc2)nc(Cl)c1I. The van der Waals surface area contributed by atoms with Crippen LogP contribution in [0.3, 0.4) is 0 Å². The number of hydrogen-bond acceptors (Lipinski definition) is 2. The summed E-state index contributed by atoms with van der Waals surface area (Å²) in [5.41, 5.74) is 1.81. The molecule has 1 aromatic carbocycles. The molecule has 106 valence electrons. The van der Waals surface area contributed by atoms with Crippen molar-refractivity contribution in [3.8, 4) is 0 Å². The molecule has 2 rings (SSSR count). The van der Waals surface area contributed by atoms with Crippen LogP contribution >= 0.6 is 34.2 Å². The van der Waals surface area contributed by atoms with Crippen molar-refractivity contribution < 1.29 is 4.39 Å². The minimum atomic E-state index is -0.245. The van der Waals surface area contributed by atoms with Gasteiger partial charge in [0.25, 0.3) is 0 Å². The second-order valence-corrected chi connectivity index (χ2v) is 7.08. The van der Waals surface area contributed by atoms with Crippen LogP contribution in [0, 0.1) is 9.39 Å². The van der Waals surface area contributed by atoms with Gasteiger partial charge in [-0.05, 0) is 40.3 Å². The van der Waals surface area contributed by atoms with Gasteiger partial charge < -0.3 is 0 Å². The Labute approximate surface area is 136 Å². The average molecular weight is 405 g/mol. The number of nitrogens with zero attached hydrogens (tertiary/aromatic N) is 2. The summed E-state index contributed by atoms with van der Waals surface area (Å²) in [5, 5.41) is 0.475. The molecule has 0 atom stereocenters. The molecule has 0 aliphatic carbocycles. The number of hydrogen-bond donors (Lipinski definition) is 0. The first-order valence-corrected chi connectivity index (χ1v) is 7.70. The van der Waals surface area contributed by atoms with Gasteiger partial charge in [-0.2, -0.15) is 0 Å². The third-order valence-electron chi connectivity index (χ3n) is 2.84. The summed E-state index contributed by atoms with van der Waals surface area (Å²) in [6.07, 6.45) is 0.542. The Morgan fingerprint density at radius 1 is 1.15 bits per heavy atom. The number of rotatable bonds is 2. The van der Waals surface area contributed by atoms with E-state index >= 15 is 0 Å². The lowest BCUT2D eigenvalue weighted by molar-refractivity contribution is 0.558. The van der Waals surface area contributed by atoms with E-state index in [-0.39, 0.29) is 11.2 Å². The van der Waals surface area contributed by atoms with E-state index in [2.05, 4.69) is 53.3 Å². The van der Waals surface area contributed by atoms with Gasteiger partial charge in [0.05, 0.1) is 9.26 Å². The topological polar surface area (TPSA) is 25.8 Å². The zero-order valence-corrected chi connectivity index (χ0v) is 14.5. The Morgan fingerprint density at radius 3 is 2.30 bits per heavy atom. The number of aromatic nitrogens is 2. The zero-order chi connectivity index (χ0) is 14.9. The first kappa shape index (κ1) is 15.6. The van der Waals surface area contributed by atoms with E-state index in [9.17, 15) is 4.39 Å². The summed E-state index contributed by atoms with van der Waals surface area (Å²) in [4.78, 5) is 8.94. The van der Waals surface area contributed by atoms with Crippen molar-refractivity contribution in [2.24, 2.45) is 0 Å². The van der Waals surface area contributed by atoms with Gasteiger partial charge in [0, 0.05) is 11.8 Å². The highest BCUT2D eigenvalue weighted by molar-refractivity contribution is 14.1. The van der Waals surface area contributed by atoms with Crippen molar-refractivity contribution in [3.05, 3.63) is 55.9 Å². The van der Waals surface area contributed by atoms with Crippen molar-refractivity contribution in [1.82, 2.24) is 9.97 Å². The first-order chi connectivity index (χ1) is 9.27. The van der Waals surface area contributed by atoms with Crippen LogP contribution < -0.4 is 0 Å². The number of halogens is 3. The van der Waals surface area contributed by atoms with Crippen molar-refractivity contribution >= 4 is 34.2 Å². The van der Waals surface area contributed by atoms with Crippen LogP contribution in [-0.4, -0.2) is 9.97 Å². The third-order valence-corrected chi connectivity index (χ3v) is 4.46. The summed E-state index contributed by atoms with van der Waals surface area (Å²) in [7, 11) is 0. The zero-order valence-electron chi connectivity index (χ0n) is 11.5. The molecule has 20 heavy (non-hydrogen) atoms.